The lowest BCUT2D eigenvalue weighted by Gasteiger charge is -2.33. The molecule has 1 saturated heterocycles. The molecule has 4 nitrogen and oxygen atoms in total. The monoisotopic (exact) mass is 346 g/mol. The fraction of sp³-hybridized carbons (Fsp3) is 0.667. The third-order valence-electron chi connectivity index (χ3n) is 4.79. The van der Waals surface area contributed by atoms with E-state index in [9.17, 15) is 4.79 Å². The zero-order valence-corrected chi connectivity index (χ0v) is 16.0. The molecule has 0 radical (unpaired) electrons. The van der Waals surface area contributed by atoms with Crippen LogP contribution in [0.5, 0.6) is 0 Å². The van der Waals surface area contributed by atoms with Gasteiger partial charge in [0.15, 0.2) is 0 Å². The summed E-state index contributed by atoms with van der Waals surface area (Å²) < 4.78 is 5.45. The van der Waals surface area contributed by atoms with Crippen molar-refractivity contribution in [1.29, 1.82) is 0 Å². The molecular weight excluding hydrogens is 312 g/mol. The van der Waals surface area contributed by atoms with Crippen LogP contribution >= 0.6 is 0 Å². The van der Waals surface area contributed by atoms with Gasteiger partial charge in [0.2, 0.25) is 0 Å². The number of ether oxygens (including phenoxy) is 1. The van der Waals surface area contributed by atoms with Gasteiger partial charge in [0.05, 0.1) is 0 Å². The maximum Gasteiger partial charge on any atom is 0.410 e. The average Bonchev–Trinajstić information content (AvgIpc) is 2.55. The highest BCUT2D eigenvalue weighted by molar-refractivity contribution is 5.68. The highest BCUT2D eigenvalue weighted by Crippen LogP contribution is 2.24. The summed E-state index contributed by atoms with van der Waals surface area (Å²) in [5.41, 5.74) is 7.18. The number of hydrogen-bond acceptors (Lipinski definition) is 3. The van der Waals surface area contributed by atoms with E-state index in [1.54, 1.807) is 0 Å². The van der Waals surface area contributed by atoms with E-state index in [2.05, 4.69) is 24.3 Å². The van der Waals surface area contributed by atoms with Crippen molar-refractivity contribution in [3.8, 4) is 0 Å². The van der Waals surface area contributed by atoms with Gasteiger partial charge in [0.25, 0.3) is 0 Å². The molecular formula is C21H34N2O2. The first-order valence-electron chi connectivity index (χ1n) is 9.61. The van der Waals surface area contributed by atoms with Crippen molar-refractivity contribution in [2.75, 3.05) is 13.1 Å². The number of carbonyl (C=O) groups excluding carboxylic acids is 1. The predicted octanol–water partition coefficient (Wildman–Crippen LogP) is 4.37. The maximum absolute atomic E-state index is 12.1. The van der Waals surface area contributed by atoms with E-state index >= 15 is 0 Å². The van der Waals surface area contributed by atoms with Gasteiger partial charge in [0.1, 0.15) is 5.60 Å². The first-order valence-corrected chi connectivity index (χ1v) is 9.61. The van der Waals surface area contributed by atoms with Crippen molar-refractivity contribution in [3.05, 3.63) is 35.9 Å². The highest BCUT2D eigenvalue weighted by Gasteiger charge is 2.26. The van der Waals surface area contributed by atoms with Crippen molar-refractivity contribution >= 4 is 6.09 Å². The van der Waals surface area contributed by atoms with Crippen molar-refractivity contribution in [3.63, 3.8) is 0 Å². The molecule has 0 spiro atoms. The van der Waals surface area contributed by atoms with E-state index in [1.165, 1.54) is 18.4 Å². The molecule has 25 heavy (non-hydrogen) atoms. The van der Waals surface area contributed by atoms with Gasteiger partial charge in [-0.3, -0.25) is 0 Å². The standard InChI is InChI=1S/C21H34N2O2/c1-21(2,3)25-20(24)23-14-12-17(13-15-23)10-7-11-19(22)16-18-8-5-4-6-9-18/h4-6,8-9,17,19H,7,10-16,22H2,1-3H3. The van der Waals surface area contributed by atoms with Crippen LogP contribution < -0.4 is 5.73 Å². The number of benzene rings is 1. The van der Waals surface area contributed by atoms with Crippen molar-refractivity contribution in [2.45, 2.75) is 70.9 Å². The molecule has 1 fully saturated rings. The van der Waals surface area contributed by atoms with Crippen LogP contribution in [-0.4, -0.2) is 35.7 Å². The highest BCUT2D eigenvalue weighted by atomic mass is 16.6. The van der Waals surface area contributed by atoms with Crippen molar-refractivity contribution in [2.24, 2.45) is 11.7 Å². The molecule has 1 amide bonds. The Hall–Kier alpha value is -1.55. The first-order chi connectivity index (χ1) is 11.8. The van der Waals surface area contributed by atoms with Gasteiger partial charge in [-0.15, -0.1) is 0 Å². The van der Waals surface area contributed by atoms with Gasteiger partial charge in [-0.1, -0.05) is 43.2 Å². The molecule has 1 heterocycles. The fourth-order valence-electron chi connectivity index (χ4n) is 3.42. The normalized spacial score (nSPS) is 17.4. The molecule has 0 saturated carbocycles. The molecule has 0 aliphatic carbocycles. The number of nitrogens with two attached hydrogens (primary N) is 1. The Labute approximate surface area is 152 Å². The van der Waals surface area contributed by atoms with Gasteiger partial charge in [-0.05, 0) is 57.9 Å². The van der Waals surface area contributed by atoms with Crippen molar-refractivity contribution in [1.82, 2.24) is 4.90 Å². The van der Waals surface area contributed by atoms with Crippen LogP contribution in [0.3, 0.4) is 0 Å². The number of carbonyl (C=O) groups is 1. The third kappa shape index (κ3) is 7.47. The van der Waals surface area contributed by atoms with Gasteiger partial charge >= 0.3 is 6.09 Å². The smallest absolute Gasteiger partial charge is 0.410 e. The lowest BCUT2D eigenvalue weighted by atomic mass is 9.90. The number of likely N-dealkylation sites (tertiary alicyclic amines) is 1. The molecule has 1 aliphatic heterocycles. The second kappa shape index (κ2) is 9.23. The Morgan fingerprint density at radius 1 is 1.24 bits per heavy atom. The van der Waals surface area contributed by atoms with Crippen LogP contribution in [0.1, 0.15) is 58.4 Å². The summed E-state index contributed by atoms with van der Waals surface area (Å²) in [4.78, 5) is 13.9. The number of hydrogen-bond donors (Lipinski definition) is 1. The molecule has 1 aromatic rings. The zero-order valence-electron chi connectivity index (χ0n) is 16.0. The van der Waals surface area contributed by atoms with E-state index in [0.717, 1.165) is 38.8 Å². The molecule has 4 heteroatoms. The van der Waals surface area contributed by atoms with Gasteiger partial charge in [-0.2, -0.15) is 0 Å². The van der Waals surface area contributed by atoms with Crippen LogP contribution in [0.15, 0.2) is 30.3 Å². The van der Waals surface area contributed by atoms with Crippen LogP contribution in [0.25, 0.3) is 0 Å². The van der Waals surface area contributed by atoms with Gasteiger partial charge < -0.3 is 15.4 Å². The van der Waals surface area contributed by atoms with Crippen LogP contribution in [-0.2, 0) is 11.2 Å². The summed E-state index contributed by atoms with van der Waals surface area (Å²) in [6.07, 6.45) is 6.39. The summed E-state index contributed by atoms with van der Waals surface area (Å²) in [7, 11) is 0. The Morgan fingerprint density at radius 2 is 1.88 bits per heavy atom. The second-order valence-corrected chi connectivity index (χ2v) is 8.29. The molecule has 2 rings (SSSR count). The topological polar surface area (TPSA) is 55.6 Å². The minimum Gasteiger partial charge on any atom is -0.444 e. The number of rotatable bonds is 6. The minimum atomic E-state index is -0.414. The summed E-state index contributed by atoms with van der Waals surface area (Å²) in [5.74, 6) is 0.711. The summed E-state index contributed by atoms with van der Waals surface area (Å²) >= 11 is 0. The average molecular weight is 347 g/mol. The number of piperidine rings is 1. The minimum absolute atomic E-state index is 0.171. The predicted molar refractivity (Wildman–Crippen MR) is 103 cm³/mol. The Balaban J connectivity index is 1.61. The zero-order chi connectivity index (χ0) is 18.3. The quantitative estimate of drug-likeness (QED) is 0.832. The second-order valence-electron chi connectivity index (χ2n) is 8.29. The summed E-state index contributed by atoms with van der Waals surface area (Å²) in [5, 5.41) is 0. The Kier molecular flexibility index (Phi) is 7.30. The van der Waals surface area contributed by atoms with Crippen LogP contribution in [0, 0.1) is 5.92 Å². The van der Waals surface area contributed by atoms with E-state index < -0.39 is 5.60 Å². The van der Waals surface area contributed by atoms with Gasteiger partial charge in [-0.25, -0.2) is 4.79 Å². The Bertz CT molecular complexity index is 516. The summed E-state index contributed by atoms with van der Waals surface area (Å²) in [6.45, 7) is 7.37. The lowest BCUT2D eigenvalue weighted by Crippen LogP contribution is -2.41. The van der Waals surface area contributed by atoms with E-state index in [1.807, 2.05) is 31.7 Å². The SMILES string of the molecule is CC(C)(C)OC(=O)N1CCC(CCCC(N)Cc2ccccc2)CC1. The van der Waals surface area contributed by atoms with E-state index in [-0.39, 0.29) is 12.1 Å². The lowest BCUT2D eigenvalue weighted by molar-refractivity contribution is 0.0180. The van der Waals surface area contributed by atoms with Crippen molar-refractivity contribution < 1.29 is 9.53 Å². The molecule has 0 aromatic heterocycles. The molecule has 0 bridgehead atoms. The van der Waals surface area contributed by atoms with Crippen LogP contribution in [0.4, 0.5) is 4.79 Å². The van der Waals surface area contributed by atoms with Gasteiger partial charge in [0, 0.05) is 19.1 Å². The van der Waals surface area contributed by atoms with Crippen LogP contribution in [0.2, 0.25) is 0 Å². The molecule has 1 atom stereocenters. The number of nitrogens with zero attached hydrogens (tertiary/aromatic N) is 1. The molecule has 1 unspecified atom stereocenters. The van der Waals surface area contributed by atoms with E-state index in [0.29, 0.717) is 5.92 Å². The maximum atomic E-state index is 12.1. The molecule has 2 N–H and O–H groups in total. The summed E-state index contributed by atoms with van der Waals surface area (Å²) in [6, 6.07) is 10.7. The molecule has 140 valence electrons. The first kappa shape index (κ1) is 19.8. The Morgan fingerprint density at radius 3 is 2.48 bits per heavy atom. The van der Waals surface area contributed by atoms with E-state index in [4.69, 9.17) is 10.5 Å². The number of amides is 1. The third-order valence-corrected chi connectivity index (χ3v) is 4.79. The fourth-order valence-corrected chi connectivity index (χ4v) is 3.42. The molecule has 1 aromatic carbocycles. The molecule has 1 aliphatic rings. The largest absolute Gasteiger partial charge is 0.444 e.